The van der Waals surface area contributed by atoms with Crippen molar-refractivity contribution in [2.24, 2.45) is 0 Å². The van der Waals surface area contributed by atoms with Gasteiger partial charge in [-0.05, 0) is 68.4 Å². The highest BCUT2D eigenvalue weighted by Crippen LogP contribution is 2.17. The van der Waals surface area contributed by atoms with Gasteiger partial charge in [-0.2, -0.15) is 10.4 Å². The SMILES string of the molecule is Cc1cc(C)n(-c2ccc(C(=O)OCC(=O)N(CCC#N)c3ccc(F)cc3)cc2)n1. The number of carbonyl (C=O) groups excluding carboxylic acids is 2. The summed E-state index contributed by atoms with van der Waals surface area (Å²) < 4.78 is 20.1. The van der Waals surface area contributed by atoms with E-state index in [0.717, 1.165) is 17.1 Å². The number of nitriles is 1. The van der Waals surface area contributed by atoms with Crippen molar-refractivity contribution in [3.63, 3.8) is 0 Å². The predicted molar refractivity (Wildman–Crippen MR) is 112 cm³/mol. The second-order valence-corrected chi connectivity index (χ2v) is 6.89. The number of esters is 1. The Hall–Kier alpha value is -3.99. The van der Waals surface area contributed by atoms with Gasteiger partial charge < -0.3 is 9.64 Å². The third-order valence-electron chi connectivity index (χ3n) is 4.57. The quantitative estimate of drug-likeness (QED) is 0.544. The summed E-state index contributed by atoms with van der Waals surface area (Å²) in [6.45, 7) is 3.45. The van der Waals surface area contributed by atoms with Gasteiger partial charge in [0.15, 0.2) is 6.61 Å². The number of rotatable bonds is 7. The molecule has 3 rings (SSSR count). The van der Waals surface area contributed by atoms with Crippen LogP contribution in [0.25, 0.3) is 5.69 Å². The molecule has 7 nitrogen and oxygen atoms in total. The van der Waals surface area contributed by atoms with Crippen LogP contribution in [0.5, 0.6) is 0 Å². The Labute approximate surface area is 179 Å². The van der Waals surface area contributed by atoms with E-state index < -0.39 is 24.3 Å². The van der Waals surface area contributed by atoms with Crippen molar-refractivity contribution < 1.29 is 18.7 Å². The van der Waals surface area contributed by atoms with E-state index in [-0.39, 0.29) is 13.0 Å². The van der Waals surface area contributed by atoms with Crippen LogP contribution in [0.1, 0.15) is 28.2 Å². The Bertz CT molecular complexity index is 1120. The second-order valence-electron chi connectivity index (χ2n) is 6.89. The molecule has 3 aromatic rings. The zero-order chi connectivity index (χ0) is 22.4. The first-order chi connectivity index (χ1) is 14.9. The zero-order valence-electron chi connectivity index (χ0n) is 17.2. The van der Waals surface area contributed by atoms with Crippen LogP contribution in [0.15, 0.2) is 54.6 Å². The lowest BCUT2D eigenvalue weighted by molar-refractivity contribution is -0.121. The van der Waals surface area contributed by atoms with Crippen LogP contribution in [0.2, 0.25) is 0 Å². The van der Waals surface area contributed by atoms with Crippen molar-refractivity contribution >= 4 is 17.6 Å². The molecule has 1 heterocycles. The van der Waals surface area contributed by atoms with E-state index in [9.17, 15) is 14.0 Å². The van der Waals surface area contributed by atoms with Gasteiger partial charge in [-0.15, -0.1) is 0 Å². The van der Waals surface area contributed by atoms with Gasteiger partial charge in [0.1, 0.15) is 5.82 Å². The fourth-order valence-corrected chi connectivity index (χ4v) is 3.10. The summed E-state index contributed by atoms with van der Waals surface area (Å²) >= 11 is 0. The van der Waals surface area contributed by atoms with E-state index in [1.807, 2.05) is 26.0 Å². The maximum atomic E-state index is 13.2. The highest BCUT2D eigenvalue weighted by Gasteiger charge is 2.18. The molecule has 0 spiro atoms. The molecule has 0 radical (unpaired) electrons. The minimum atomic E-state index is -0.646. The number of anilines is 1. The van der Waals surface area contributed by atoms with Crippen LogP contribution < -0.4 is 4.90 Å². The molecule has 158 valence electrons. The number of ether oxygens (including phenoxy) is 1. The van der Waals surface area contributed by atoms with Crippen molar-refractivity contribution in [1.82, 2.24) is 9.78 Å². The standard InChI is InChI=1S/C23H21FN4O3/c1-16-14-17(2)28(26-16)21-8-4-18(5-9-21)23(30)31-15-22(29)27(13-3-12-25)20-10-6-19(24)7-11-20/h4-11,14H,3,13,15H2,1-2H3. The van der Waals surface area contributed by atoms with Gasteiger partial charge in [-0.25, -0.2) is 13.9 Å². The Balaban J connectivity index is 1.65. The summed E-state index contributed by atoms with van der Waals surface area (Å²) in [6, 6.07) is 15.9. The first-order valence-corrected chi connectivity index (χ1v) is 9.63. The van der Waals surface area contributed by atoms with Gasteiger partial charge in [0.05, 0.1) is 29.4 Å². The molecule has 8 heteroatoms. The van der Waals surface area contributed by atoms with Crippen LogP contribution in [0.4, 0.5) is 10.1 Å². The van der Waals surface area contributed by atoms with E-state index in [1.165, 1.54) is 29.2 Å². The van der Waals surface area contributed by atoms with Gasteiger partial charge in [-0.1, -0.05) is 0 Å². The molecule has 1 amide bonds. The molecule has 31 heavy (non-hydrogen) atoms. The number of nitrogens with zero attached hydrogens (tertiary/aromatic N) is 4. The van der Waals surface area contributed by atoms with E-state index in [4.69, 9.17) is 10.00 Å². The lowest BCUT2D eigenvalue weighted by atomic mass is 10.2. The maximum Gasteiger partial charge on any atom is 0.338 e. The monoisotopic (exact) mass is 420 g/mol. The van der Waals surface area contributed by atoms with Crippen molar-refractivity contribution in [3.05, 3.63) is 77.4 Å². The van der Waals surface area contributed by atoms with E-state index in [2.05, 4.69) is 5.10 Å². The van der Waals surface area contributed by atoms with Crippen LogP contribution in [-0.2, 0) is 9.53 Å². The molecule has 0 aliphatic carbocycles. The molecule has 0 fully saturated rings. The minimum Gasteiger partial charge on any atom is -0.452 e. The largest absolute Gasteiger partial charge is 0.452 e. The number of carbonyl (C=O) groups is 2. The first kappa shape index (κ1) is 21.7. The molecular formula is C23H21FN4O3. The maximum absolute atomic E-state index is 13.2. The van der Waals surface area contributed by atoms with Crippen molar-refractivity contribution in [2.45, 2.75) is 20.3 Å². The van der Waals surface area contributed by atoms with Gasteiger partial charge >= 0.3 is 5.97 Å². The highest BCUT2D eigenvalue weighted by molar-refractivity contribution is 5.97. The topological polar surface area (TPSA) is 88.2 Å². The summed E-state index contributed by atoms with van der Waals surface area (Å²) in [4.78, 5) is 26.2. The average Bonchev–Trinajstić information content (AvgIpc) is 3.11. The molecule has 0 bridgehead atoms. The van der Waals surface area contributed by atoms with Gasteiger partial charge in [0, 0.05) is 17.9 Å². The Kier molecular flexibility index (Phi) is 6.78. The molecule has 0 N–H and O–H groups in total. The lowest BCUT2D eigenvalue weighted by Gasteiger charge is -2.21. The summed E-state index contributed by atoms with van der Waals surface area (Å²) in [7, 11) is 0. The fraction of sp³-hybridized carbons (Fsp3) is 0.217. The molecule has 0 aliphatic rings. The number of hydrogen-bond donors (Lipinski definition) is 0. The Morgan fingerprint density at radius 3 is 2.39 bits per heavy atom. The van der Waals surface area contributed by atoms with Crippen LogP contribution in [0, 0.1) is 31.0 Å². The van der Waals surface area contributed by atoms with Crippen LogP contribution in [0.3, 0.4) is 0 Å². The zero-order valence-corrected chi connectivity index (χ0v) is 17.2. The first-order valence-electron chi connectivity index (χ1n) is 9.63. The van der Waals surface area contributed by atoms with Crippen LogP contribution >= 0.6 is 0 Å². The third kappa shape index (κ3) is 5.34. The van der Waals surface area contributed by atoms with Gasteiger partial charge in [0.25, 0.3) is 5.91 Å². The molecular weight excluding hydrogens is 399 g/mol. The molecule has 0 saturated carbocycles. The van der Waals surface area contributed by atoms with Crippen LogP contribution in [-0.4, -0.2) is 34.8 Å². The van der Waals surface area contributed by atoms with Gasteiger partial charge in [-0.3, -0.25) is 4.79 Å². The number of benzene rings is 2. The van der Waals surface area contributed by atoms with Crippen molar-refractivity contribution in [2.75, 3.05) is 18.1 Å². The van der Waals surface area contributed by atoms with E-state index in [0.29, 0.717) is 11.3 Å². The van der Waals surface area contributed by atoms with E-state index in [1.54, 1.807) is 28.9 Å². The number of amides is 1. The normalized spacial score (nSPS) is 10.4. The molecule has 2 aromatic carbocycles. The fourth-order valence-electron chi connectivity index (χ4n) is 3.10. The van der Waals surface area contributed by atoms with E-state index >= 15 is 0 Å². The molecule has 0 unspecified atom stereocenters. The number of aryl methyl sites for hydroxylation is 2. The lowest BCUT2D eigenvalue weighted by Crippen LogP contribution is -2.35. The Morgan fingerprint density at radius 2 is 1.81 bits per heavy atom. The molecule has 0 atom stereocenters. The summed E-state index contributed by atoms with van der Waals surface area (Å²) in [5, 5.41) is 13.2. The highest BCUT2D eigenvalue weighted by atomic mass is 19.1. The predicted octanol–water partition coefficient (Wildman–Crippen LogP) is 3.73. The Morgan fingerprint density at radius 1 is 1.13 bits per heavy atom. The van der Waals surface area contributed by atoms with Crippen molar-refractivity contribution in [3.8, 4) is 11.8 Å². The minimum absolute atomic E-state index is 0.0881. The molecule has 1 aromatic heterocycles. The smallest absolute Gasteiger partial charge is 0.338 e. The number of halogens is 1. The molecule has 0 aliphatic heterocycles. The number of aromatic nitrogens is 2. The number of hydrogen-bond acceptors (Lipinski definition) is 5. The van der Waals surface area contributed by atoms with Gasteiger partial charge in [0.2, 0.25) is 0 Å². The van der Waals surface area contributed by atoms with Crippen molar-refractivity contribution in [1.29, 1.82) is 5.26 Å². The second kappa shape index (κ2) is 9.67. The summed E-state index contributed by atoms with van der Waals surface area (Å²) in [5.74, 6) is -1.59. The average molecular weight is 420 g/mol. The summed E-state index contributed by atoms with van der Waals surface area (Å²) in [5.41, 5.74) is 3.38. The molecule has 0 saturated heterocycles. The summed E-state index contributed by atoms with van der Waals surface area (Å²) in [6.07, 6.45) is 0.0881. The third-order valence-corrected chi connectivity index (χ3v) is 4.57.